The van der Waals surface area contributed by atoms with Crippen LogP contribution in [0.15, 0.2) is 24.3 Å². The summed E-state index contributed by atoms with van der Waals surface area (Å²) >= 11 is 0. The first-order chi connectivity index (χ1) is 8.53. The number of anilines is 1. The van der Waals surface area contributed by atoms with Crippen molar-refractivity contribution >= 4 is 11.6 Å². The number of amides is 1. The zero-order valence-corrected chi connectivity index (χ0v) is 10.9. The smallest absolute Gasteiger partial charge is 0.233 e. The van der Waals surface area contributed by atoms with Crippen molar-refractivity contribution in [2.24, 2.45) is 5.41 Å². The van der Waals surface area contributed by atoms with Crippen molar-refractivity contribution in [3.63, 3.8) is 0 Å². The van der Waals surface area contributed by atoms with Crippen LogP contribution >= 0.6 is 0 Å². The van der Waals surface area contributed by atoms with Crippen molar-refractivity contribution in [1.82, 2.24) is 5.32 Å². The molecule has 1 saturated heterocycles. The molecular weight excluding hydrogens is 231 g/mol. The molecule has 1 amide bonds. The van der Waals surface area contributed by atoms with Gasteiger partial charge in [0.05, 0.1) is 5.41 Å². The fourth-order valence-corrected chi connectivity index (χ4v) is 2.45. The molecule has 2 rings (SSSR count). The largest absolute Gasteiger partial charge is 0.316 e. The van der Waals surface area contributed by atoms with Gasteiger partial charge in [0, 0.05) is 19.3 Å². The molecule has 1 N–H and O–H groups in total. The molecule has 4 heteroatoms. The quantitative estimate of drug-likeness (QED) is 0.872. The molecule has 0 radical (unpaired) electrons. The fourth-order valence-electron chi connectivity index (χ4n) is 2.45. The topological polar surface area (TPSA) is 32.3 Å². The minimum Gasteiger partial charge on any atom is -0.316 e. The van der Waals surface area contributed by atoms with Crippen LogP contribution in [0.25, 0.3) is 0 Å². The molecule has 1 aromatic rings. The van der Waals surface area contributed by atoms with Gasteiger partial charge in [-0.05, 0) is 44.5 Å². The van der Waals surface area contributed by atoms with E-state index >= 15 is 0 Å². The first kappa shape index (κ1) is 13.0. The van der Waals surface area contributed by atoms with E-state index in [1.807, 2.05) is 6.92 Å². The van der Waals surface area contributed by atoms with E-state index in [4.69, 9.17) is 0 Å². The van der Waals surface area contributed by atoms with Gasteiger partial charge >= 0.3 is 0 Å². The summed E-state index contributed by atoms with van der Waals surface area (Å²) in [5.41, 5.74) is 0.214. The second-order valence-corrected chi connectivity index (χ2v) is 5.19. The van der Waals surface area contributed by atoms with Crippen molar-refractivity contribution in [3.8, 4) is 0 Å². The van der Waals surface area contributed by atoms with Crippen molar-refractivity contribution in [3.05, 3.63) is 30.1 Å². The highest BCUT2D eigenvalue weighted by molar-refractivity contribution is 5.97. The van der Waals surface area contributed by atoms with Crippen molar-refractivity contribution in [2.75, 3.05) is 25.0 Å². The summed E-state index contributed by atoms with van der Waals surface area (Å²) in [6.45, 7) is 3.62. The molecule has 1 aliphatic rings. The maximum atomic E-state index is 13.2. The summed E-state index contributed by atoms with van der Waals surface area (Å²) in [6, 6.07) is 6.14. The van der Waals surface area contributed by atoms with E-state index in [9.17, 15) is 9.18 Å². The molecule has 0 aliphatic carbocycles. The monoisotopic (exact) mass is 250 g/mol. The number of carbonyl (C=O) groups is 1. The predicted molar refractivity (Wildman–Crippen MR) is 70.0 cm³/mol. The summed E-state index contributed by atoms with van der Waals surface area (Å²) in [7, 11) is 1.71. The Morgan fingerprint density at radius 1 is 1.50 bits per heavy atom. The minimum atomic E-state index is -0.390. The van der Waals surface area contributed by atoms with Crippen LogP contribution < -0.4 is 10.2 Å². The van der Waals surface area contributed by atoms with Gasteiger partial charge in [0.25, 0.3) is 0 Å². The molecule has 1 fully saturated rings. The molecule has 1 atom stereocenters. The van der Waals surface area contributed by atoms with Gasteiger partial charge in [-0.3, -0.25) is 4.79 Å². The Kier molecular flexibility index (Phi) is 3.66. The minimum absolute atomic E-state index is 0.0419. The Hall–Kier alpha value is -1.42. The standard InChI is InChI=1S/C14H19FN2O/c1-14(7-4-8-16-10-14)13(18)17(2)12-6-3-5-11(15)9-12/h3,5-6,9,16H,4,7-8,10H2,1-2H3. The predicted octanol–water partition coefficient (Wildman–Crippen LogP) is 2.18. The summed E-state index contributed by atoms with van der Waals surface area (Å²) in [4.78, 5) is 14.0. The van der Waals surface area contributed by atoms with E-state index in [-0.39, 0.29) is 17.1 Å². The Bertz CT molecular complexity index is 441. The molecule has 0 aromatic heterocycles. The van der Waals surface area contributed by atoms with E-state index in [1.54, 1.807) is 24.1 Å². The van der Waals surface area contributed by atoms with E-state index in [0.717, 1.165) is 19.4 Å². The van der Waals surface area contributed by atoms with Gasteiger partial charge in [0.1, 0.15) is 5.82 Å². The van der Waals surface area contributed by atoms with Crippen LogP contribution in [-0.4, -0.2) is 26.0 Å². The lowest BCUT2D eigenvalue weighted by Gasteiger charge is -2.36. The average Bonchev–Trinajstić information content (AvgIpc) is 2.38. The Balaban J connectivity index is 2.17. The summed E-state index contributed by atoms with van der Waals surface area (Å²) < 4.78 is 13.2. The first-order valence-electron chi connectivity index (χ1n) is 6.27. The molecule has 1 aliphatic heterocycles. The van der Waals surface area contributed by atoms with Crippen LogP contribution in [0.5, 0.6) is 0 Å². The molecule has 1 aromatic carbocycles. The van der Waals surface area contributed by atoms with Gasteiger partial charge in [-0.2, -0.15) is 0 Å². The SMILES string of the molecule is CN(C(=O)C1(C)CCCNC1)c1cccc(F)c1. The maximum Gasteiger partial charge on any atom is 0.233 e. The number of benzene rings is 1. The highest BCUT2D eigenvalue weighted by Crippen LogP contribution is 2.29. The summed E-state index contributed by atoms with van der Waals surface area (Å²) in [6.07, 6.45) is 1.87. The molecule has 0 spiro atoms. The molecule has 18 heavy (non-hydrogen) atoms. The van der Waals surface area contributed by atoms with Gasteiger partial charge in [-0.25, -0.2) is 4.39 Å². The lowest BCUT2D eigenvalue weighted by atomic mass is 9.81. The fraction of sp³-hybridized carbons (Fsp3) is 0.500. The number of carbonyl (C=O) groups excluding carboxylic acids is 1. The van der Waals surface area contributed by atoms with Crippen LogP contribution in [0.4, 0.5) is 10.1 Å². The number of piperidine rings is 1. The third kappa shape index (κ3) is 2.53. The van der Waals surface area contributed by atoms with Gasteiger partial charge in [0.15, 0.2) is 0 Å². The molecule has 1 heterocycles. The number of hydrogen-bond acceptors (Lipinski definition) is 2. The normalized spacial score (nSPS) is 23.7. The second-order valence-electron chi connectivity index (χ2n) is 5.19. The van der Waals surface area contributed by atoms with E-state index in [2.05, 4.69) is 5.32 Å². The van der Waals surface area contributed by atoms with Crippen LogP contribution in [-0.2, 0) is 4.79 Å². The van der Waals surface area contributed by atoms with Crippen molar-refractivity contribution in [1.29, 1.82) is 0 Å². The first-order valence-corrected chi connectivity index (χ1v) is 6.27. The molecule has 3 nitrogen and oxygen atoms in total. The lowest BCUT2D eigenvalue weighted by Crippen LogP contribution is -2.49. The molecule has 0 bridgehead atoms. The summed E-state index contributed by atoms with van der Waals surface area (Å²) in [5.74, 6) is -0.278. The van der Waals surface area contributed by atoms with Crippen LogP contribution in [0.3, 0.4) is 0 Å². The van der Waals surface area contributed by atoms with Gasteiger partial charge < -0.3 is 10.2 Å². The van der Waals surface area contributed by atoms with E-state index in [1.165, 1.54) is 12.1 Å². The van der Waals surface area contributed by atoms with Crippen LogP contribution in [0.1, 0.15) is 19.8 Å². The number of nitrogens with zero attached hydrogens (tertiary/aromatic N) is 1. The zero-order valence-electron chi connectivity index (χ0n) is 10.9. The maximum absolute atomic E-state index is 13.2. The van der Waals surface area contributed by atoms with Gasteiger partial charge in [0.2, 0.25) is 5.91 Å². The number of halogens is 1. The summed E-state index contributed by atoms with van der Waals surface area (Å²) in [5, 5.41) is 3.25. The Labute approximate surface area is 107 Å². The number of hydrogen-bond donors (Lipinski definition) is 1. The molecular formula is C14H19FN2O. The van der Waals surface area contributed by atoms with Crippen molar-refractivity contribution < 1.29 is 9.18 Å². The average molecular weight is 250 g/mol. The number of nitrogens with one attached hydrogen (secondary N) is 1. The molecule has 0 saturated carbocycles. The Morgan fingerprint density at radius 2 is 2.28 bits per heavy atom. The zero-order chi connectivity index (χ0) is 13.2. The third-order valence-corrected chi connectivity index (χ3v) is 3.61. The van der Waals surface area contributed by atoms with Crippen LogP contribution in [0.2, 0.25) is 0 Å². The van der Waals surface area contributed by atoms with Crippen LogP contribution in [0, 0.1) is 11.2 Å². The second kappa shape index (κ2) is 5.06. The highest BCUT2D eigenvalue weighted by atomic mass is 19.1. The van der Waals surface area contributed by atoms with E-state index in [0.29, 0.717) is 12.2 Å². The van der Waals surface area contributed by atoms with Crippen molar-refractivity contribution in [2.45, 2.75) is 19.8 Å². The third-order valence-electron chi connectivity index (χ3n) is 3.61. The van der Waals surface area contributed by atoms with Gasteiger partial charge in [-0.1, -0.05) is 6.07 Å². The van der Waals surface area contributed by atoms with Gasteiger partial charge in [-0.15, -0.1) is 0 Å². The van der Waals surface area contributed by atoms with E-state index < -0.39 is 0 Å². The highest BCUT2D eigenvalue weighted by Gasteiger charge is 2.37. The lowest BCUT2D eigenvalue weighted by molar-refractivity contribution is -0.128. The Morgan fingerprint density at radius 3 is 2.89 bits per heavy atom. The molecule has 98 valence electrons. The molecule has 1 unspecified atom stereocenters. The number of rotatable bonds is 2.